The topological polar surface area (TPSA) is 45.7 Å². The van der Waals surface area contributed by atoms with Gasteiger partial charge in [-0.1, -0.05) is 27.3 Å². The highest BCUT2D eigenvalue weighted by Gasteiger charge is 2.25. The van der Waals surface area contributed by atoms with Crippen molar-refractivity contribution in [3.63, 3.8) is 0 Å². The number of fused-ring (bicyclic) bond motifs is 1. The Balaban J connectivity index is 2.00. The lowest BCUT2D eigenvalue weighted by Crippen LogP contribution is -2.28. The third-order valence-corrected chi connectivity index (χ3v) is 5.06. The first kappa shape index (κ1) is 15.3. The number of aromatic nitrogens is 1. The molecule has 0 saturated carbocycles. The van der Waals surface area contributed by atoms with Gasteiger partial charge in [-0.15, -0.1) is 0 Å². The van der Waals surface area contributed by atoms with Gasteiger partial charge in [0.05, 0.1) is 17.9 Å². The quantitative estimate of drug-likeness (QED) is 0.798. The first-order valence-electron chi connectivity index (χ1n) is 6.86. The van der Waals surface area contributed by atoms with Crippen LogP contribution in [0.25, 0.3) is 0 Å². The summed E-state index contributed by atoms with van der Waals surface area (Å²) >= 11 is 4.88. The van der Waals surface area contributed by atoms with Crippen LogP contribution >= 0.6 is 27.3 Å². The number of rotatable bonds is 2. The van der Waals surface area contributed by atoms with E-state index in [1.807, 2.05) is 25.1 Å². The highest BCUT2D eigenvalue weighted by atomic mass is 79.9. The van der Waals surface area contributed by atoms with E-state index >= 15 is 0 Å². The molecule has 7 heteroatoms. The van der Waals surface area contributed by atoms with Crippen molar-refractivity contribution in [1.82, 2.24) is 9.88 Å². The second-order valence-corrected chi connectivity index (χ2v) is 7.12. The molecule has 2 aromatic rings. The zero-order chi connectivity index (χ0) is 15.9. The second kappa shape index (κ2) is 5.89. The smallest absolute Gasteiger partial charge is 0.265 e. The number of carbonyl (C=O) groups excluding carboxylic acids is 1. The summed E-state index contributed by atoms with van der Waals surface area (Å²) in [5.41, 5.74) is 1.75. The van der Waals surface area contributed by atoms with Crippen LogP contribution in [0.4, 0.5) is 10.8 Å². The van der Waals surface area contributed by atoms with Gasteiger partial charge in [-0.05, 0) is 25.1 Å². The molecule has 1 aromatic carbocycles. The minimum absolute atomic E-state index is 0.00876. The minimum atomic E-state index is -0.00876. The molecule has 5 nitrogen and oxygen atoms in total. The fourth-order valence-corrected chi connectivity index (χ4v) is 3.76. The van der Waals surface area contributed by atoms with Crippen LogP contribution in [0.3, 0.4) is 0 Å². The summed E-state index contributed by atoms with van der Waals surface area (Å²) in [6, 6.07) is 5.93. The number of thiazole rings is 1. The Kier molecular flexibility index (Phi) is 4.10. The maximum Gasteiger partial charge on any atom is 0.265 e. The fourth-order valence-electron chi connectivity index (χ4n) is 2.29. The van der Waals surface area contributed by atoms with Crippen LogP contribution in [-0.2, 0) is 0 Å². The van der Waals surface area contributed by atoms with Crippen molar-refractivity contribution in [3.8, 4) is 5.75 Å². The van der Waals surface area contributed by atoms with Gasteiger partial charge >= 0.3 is 0 Å². The first-order valence-corrected chi connectivity index (χ1v) is 8.47. The summed E-state index contributed by atoms with van der Waals surface area (Å²) in [4.78, 5) is 21.2. The van der Waals surface area contributed by atoms with Crippen molar-refractivity contribution in [2.45, 2.75) is 6.92 Å². The molecule has 0 spiro atoms. The summed E-state index contributed by atoms with van der Waals surface area (Å²) in [5, 5.41) is 0.828. The zero-order valence-corrected chi connectivity index (χ0v) is 15.0. The molecule has 0 aliphatic carbocycles. The molecule has 0 radical (unpaired) electrons. The van der Waals surface area contributed by atoms with E-state index < -0.39 is 0 Å². The summed E-state index contributed by atoms with van der Waals surface area (Å²) in [5.74, 6) is 0.819. The number of hydrogen-bond acceptors (Lipinski definition) is 5. The molecule has 3 rings (SSSR count). The third kappa shape index (κ3) is 2.70. The predicted octanol–water partition coefficient (Wildman–Crippen LogP) is 3.45. The molecule has 0 atom stereocenters. The van der Waals surface area contributed by atoms with Gasteiger partial charge < -0.3 is 14.5 Å². The molecule has 0 saturated heterocycles. The van der Waals surface area contributed by atoms with Crippen molar-refractivity contribution in [1.29, 1.82) is 0 Å². The van der Waals surface area contributed by atoms with Crippen LogP contribution in [-0.4, -0.2) is 43.0 Å². The largest absolute Gasteiger partial charge is 0.489 e. The van der Waals surface area contributed by atoms with Crippen molar-refractivity contribution in [2.24, 2.45) is 0 Å². The van der Waals surface area contributed by atoms with E-state index in [1.54, 1.807) is 19.0 Å². The van der Waals surface area contributed by atoms with E-state index in [0.29, 0.717) is 11.5 Å². The zero-order valence-electron chi connectivity index (χ0n) is 12.6. The number of anilines is 2. The third-order valence-electron chi connectivity index (χ3n) is 3.40. The van der Waals surface area contributed by atoms with Crippen molar-refractivity contribution < 1.29 is 9.53 Å². The number of nitrogens with zero attached hydrogens (tertiary/aromatic N) is 3. The lowest BCUT2D eigenvalue weighted by molar-refractivity contribution is 0.0831. The van der Waals surface area contributed by atoms with Gasteiger partial charge in [0.15, 0.2) is 5.13 Å². The molecule has 2 heterocycles. The van der Waals surface area contributed by atoms with Gasteiger partial charge in [-0.3, -0.25) is 4.79 Å². The van der Waals surface area contributed by atoms with Crippen molar-refractivity contribution >= 4 is 44.0 Å². The number of carbonyl (C=O) groups is 1. The average molecular weight is 382 g/mol. The molecule has 1 aliphatic heterocycles. The molecule has 116 valence electrons. The van der Waals surface area contributed by atoms with Crippen LogP contribution in [0, 0.1) is 6.92 Å². The molecule has 0 N–H and O–H groups in total. The highest BCUT2D eigenvalue weighted by molar-refractivity contribution is 9.10. The lowest BCUT2D eigenvalue weighted by atomic mass is 10.2. The van der Waals surface area contributed by atoms with E-state index in [1.165, 1.54) is 11.3 Å². The van der Waals surface area contributed by atoms with Gasteiger partial charge in [0.25, 0.3) is 5.91 Å². The Morgan fingerprint density at radius 2 is 2.23 bits per heavy atom. The Hall–Kier alpha value is -1.60. The van der Waals surface area contributed by atoms with Crippen LogP contribution in [0.1, 0.15) is 15.4 Å². The molecule has 1 amide bonds. The van der Waals surface area contributed by atoms with E-state index in [4.69, 9.17) is 4.74 Å². The standard InChI is InChI=1S/C15H16BrN3O2S/c1-9-13(14(20)18(2)3)22-15(17-9)19-6-7-21-12-8-10(16)4-5-11(12)19/h4-5,8H,6-7H2,1-3H3. The van der Waals surface area contributed by atoms with Crippen LogP contribution in [0.5, 0.6) is 5.75 Å². The highest BCUT2D eigenvalue weighted by Crippen LogP contribution is 2.40. The van der Waals surface area contributed by atoms with Crippen LogP contribution in [0.2, 0.25) is 0 Å². The summed E-state index contributed by atoms with van der Waals surface area (Å²) in [6.45, 7) is 3.19. The minimum Gasteiger partial charge on any atom is -0.489 e. The molecule has 1 aromatic heterocycles. The summed E-state index contributed by atoms with van der Waals surface area (Å²) < 4.78 is 6.69. The van der Waals surface area contributed by atoms with E-state index in [0.717, 1.165) is 33.3 Å². The fraction of sp³-hybridized carbons (Fsp3) is 0.333. The van der Waals surface area contributed by atoms with Gasteiger partial charge in [0.2, 0.25) is 0 Å². The Morgan fingerprint density at radius 1 is 1.45 bits per heavy atom. The number of amides is 1. The number of hydrogen-bond donors (Lipinski definition) is 0. The average Bonchev–Trinajstić information content (AvgIpc) is 2.87. The predicted molar refractivity (Wildman–Crippen MR) is 91.5 cm³/mol. The van der Waals surface area contributed by atoms with E-state index in [9.17, 15) is 4.79 Å². The Bertz CT molecular complexity index is 730. The normalized spacial score (nSPS) is 13.5. The molecular weight excluding hydrogens is 366 g/mol. The second-order valence-electron chi connectivity index (χ2n) is 5.22. The molecule has 0 fully saturated rings. The summed E-state index contributed by atoms with van der Waals surface area (Å²) in [6.07, 6.45) is 0. The number of aryl methyl sites for hydroxylation is 1. The molecule has 22 heavy (non-hydrogen) atoms. The van der Waals surface area contributed by atoms with Gasteiger partial charge in [0.1, 0.15) is 17.2 Å². The van der Waals surface area contributed by atoms with E-state index in [2.05, 4.69) is 25.8 Å². The number of halogens is 1. The van der Waals surface area contributed by atoms with Crippen LogP contribution in [0.15, 0.2) is 22.7 Å². The molecule has 0 bridgehead atoms. The Morgan fingerprint density at radius 3 is 2.95 bits per heavy atom. The van der Waals surface area contributed by atoms with Gasteiger partial charge in [-0.2, -0.15) is 0 Å². The lowest BCUT2D eigenvalue weighted by Gasteiger charge is -2.29. The van der Waals surface area contributed by atoms with Gasteiger partial charge in [-0.25, -0.2) is 4.98 Å². The van der Waals surface area contributed by atoms with Crippen LogP contribution < -0.4 is 9.64 Å². The SMILES string of the molecule is Cc1nc(N2CCOc3cc(Br)ccc32)sc1C(=O)N(C)C. The number of benzene rings is 1. The van der Waals surface area contributed by atoms with E-state index in [-0.39, 0.29) is 5.91 Å². The van der Waals surface area contributed by atoms with Crippen molar-refractivity contribution in [3.05, 3.63) is 33.2 Å². The molecule has 0 unspecified atom stereocenters. The first-order chi connectivity index (χ1) is 10.5. The monoisotopic (exact) mass is 381 g/mol. The maximum atomic E-state index is 12.2. The number of ether oxygens (including phenoxy) is 1. The van der Waals surface area contributed by atoms with Gasteiger partial charge in [0, 0.05) is 18.6 Å². The molecule has 1 aliphatic rings. The van der Waals surface area contributed by atoms with Crippen molar-refractivity contribution in [2.75, 3.05) is 32.1 Å². The molecular formula is C15H16BrN3O2S. The summed E-state index contributed by atoms with van der Waals surface area (Å²) in [7, 11) is 3.51. The maximum absolute atomic E-state index is 12.2. The Labute approximate surface area is 141 Å².